The second kappa shape index (κ2) is 9.91. The van der Waals surface area contributed by atoms with Crippen LogP contribution in [0.4, 0.5) is 0 Å². The van der Waals surface area contributed by atoms with Crippen molar-refractivity contribution in [1.82, 2.24) is 9.80 Å². The number of ether oxygens (including phenoxy) is 1. The number of Topliss-reactive ketones (excluding diaryl/α,β-unsaturated/α-hetero) is 1. The van der Waals surface area contributed by atoms with E-state index in [4.69, 9.17) is 4.74 Å². The van der Waals surface area contributed by atoms with Crippen molar-refractivity contribution in [2.24, 2.45) is 0 Å². The van der Waals surface area contributed by atoms with Crippen molar-refractivity contribution in [3.8, 4) is 5.75 Å². The number of carbonyl (C=O) groups is 2. The van der Waals surface area contributed by atoms with Crippen LogP contribution < -0.4 is 4.74 Å². The number of benzene rings is 1. The van der Waals surface area contributed by atoms with Gasteiger partial charge >= 0.3 is 0 Å². The predicted molar refractivity (Wildman–Crippen MR) is 118 cm³/mol. The van der Waals surface area contributed by atoms with E-state index in [2.05, 4.69) is 6.92 Å². The number of carbonyl (C=O) groups excluding carboxylic acids is 2. The molecule has 1 aromatic heterocycles. The van der Waals surface area contributed by atoms with Crippen LogP contribution in [-0.4, -0.2) is 60.4 Å². The fourth-order valence-corrected chi connectivity index (χ4v) is 4.10. The van der Waals surface area contributed by atoms with Gasteiger partial charge in [-0.2, -0.15) is 0 Å². The van der Waals surface area contributed by atoms with Gasteiger partial charge in [0.15, 0.2) is 5.76 Å². The lowest BCUT2D eigenvalue weighted by Gasteiger charge is -2.28. The van der Waals surface area contributed by atoms with E-state index in [1.54, 1.807) is 17.0 Å². The van der Waals surface area contributed by atoms with Gasteiger partial charge in [0.1, 0.15) is 5.75 Å². The molecule has 0 aliphatic carbocycles. The first kappa shape index (κ1) is 22.1. The topological polar surface area (TPSA) is 70.1 Å². The van der Waals surface area contributed by atoms with E-state index in [9.17, 15) is 14.7 Å². The van der Waals surface area contributed by atoms with Gasteiger partial charge in [-0.05, 0) is 49.7 Å². The van der Waals surface area contributed by atoms with E-state index in [1.807, 2.05) is 48.6 Å². The van der Waals surface area contributed by atoms with Crippen molar-refractivity contribution < 1.29 is 19.4 Å². The van der Waals surface area contributed by atoms with Gasteiger partial charge in [0.25, 0.3) is 5.91 Å². The van der Waals surface area contributed by atoms with Crippen molar-refractivity contribution >= 4 is 23.0 Å². The minimum Gasteiger partial charge on any atom is -0.503 e. The molecule has 1 amide bonds. The lowest BCUT2D eigenvalue weighted by Crippen LogP contribution is -2.36. The van der Waals surface area contributed by atoms with Crippen LogP contribution in [0.3, 0.4) is 0 Å². The van der Waals surface area contributed by atoms with E-state index in [0.717, 1.165) is 18.4 Å². The molecule has 0 spiro atoms. The molecule has 1 N–H and O–H groups in total. The lowest BCUT2D eigenvalue weighted by atomic mass is 9.95. The molecule has 160 valence electrons. The fraction of sp³-hybridized carbons (Fsp3) is 0.391. The molecule has 1 aliphatic heterocycles. The highest BCUT2D eigenvalue weighted by Crippen LogP contribution is 2.40. The molecule has 1 atom stereocenters. The second-order valence-corrected chi connectivity index (χ2v) is 8.50. The Labute approximate surface area is 181 Å². The molecule has 30 heavy (non-hydrogen) atoms. The minimum absolute atomic E-state index is 0.131. The SMILES string of the molecule is CCCCOc1cccc(C2C(C(=O)c3cccs3)=C(O)C(=O)N2CCN(C)C)c1. The second-order valence-electron chi connectivity index (χ2n) is 7.55. The third kappa shape index (κ3) is 4.74. The largest absolute Gasteiger partial charge is 0.503 e. The van der Waals surface area contributed by atoms with Crippen LogP contribution >= 0.6 is 11.3 Å². The van der Waals surface area contributed by atoms with Crippen LogP contribution in [0.1, 0.15) is 41.0 Å². The number of hydrogen-bond acceptors (Lipinski definition) is 6. The van der Waals surface area contributed by atoms with Gasteiger partial charge in [-0.1, -0.05) is 31.5 Å². The van der Waals surface area contributed by atoms with Crippen molar-refractivity contribution in [2.45, 2.75) is 25.8 Å². The lowest BCUT2D eigenvalue weighted by molar-refractivity contribution is -0.129. The highest BCUT2D eigenvalue weighted by atomic mass is 32.1. The van der Waals surface area contributed by atoms with Gasteiger partial charge in [0.05, 0.1) is 23.1 Å². The first-order valence-electron chi connectivity index (χ1n) is 10.1. The number of amides is 1. The summed E-state index contributed by atoms with van der Waals surface area (Å²) in [7, 11) is 3.84. The number of rotatable bonds is 10. The zero-order chi connectivity index (χ0) is 21.7. The Balaban J connectivity index is 1.99. The summed E-state index contributed by atoms with van der Waals surface area (Å²) in [4.78, 5) is 30.1. The quantitative estimate of drug-likeness (QED) is 0.456. The summed E-state index contributed by atoms with van der Waals surface area (Å²) in [6.45, 7) is 3.71. The molecule has 0 saturated carbocycles. The number of unbranched alkanes of at least 4 members (excludes halogenated alkanes) is 1. The van der Waals surface area contributed by atoms with Crippen molar-refractivity contribution in [2.75, 3.05) is 33.8 Å². The summed E-state index contributed by atoms with van der Waals surface area (Å²) in [5.41, 5.74) is 0.881. The van der Waals surface area contributed by atoms with E-state index < -0.39 is 17.7 Å². The highest BCUT2D eigenvalue weighted by molar-refractivity contribution is 7.12. The van der Waals surface area contributed by atoms with Gasteiger partial charge in [0.2, 0.25) is 5.78 Å². The molecule has 3 rings (SSSR count). The monoisotopic (exact) mass is 428 g/mol. The molecule has 1 unspecified atom stereocenters. The number of aliphatic hydroxyl groups is 1. The summed E-state index contributed by atoms with van der Waals surface area (Å²) in [5.74, 6) is -0.603. The summed E-state index contributed by atoms with van der Waals surface area (Å²) < 4.78 is 5.83. The van der Waals surface area contributed by atoms with Crippen LogP contribution in [-0.2, 0) is 4.79 Å². The molecule has 0 fully saturated rings. The Kier molecular flexibility index (Phi) is 7.29. The number of aliphatic hydroxyl groups excluding tert-OH is 1. The average Bonchev–Trinajstić information content (AvgIpc) is 3.34. The molecule has 1 aromatic carbocycles. The summed E-state index contributed by atoms with van der Waals surface area (Å²) in [6, 6.07) is 10.3. The number of ketones is 1. The Morgan fingerprint density at radius 3 is 2.73 bits per heavy atom. The Morgan fingerprint density at radius 2 is 2.07 bits per heavy atom. The number of likely N-dealkylation sites (N-methyl/N-ethyl adjacent to an activating group) is 1. The highest BCUT2D eigenvalue weighted by Gasteiger charge is 2.43. The van der Waals surface area contributed by atoms with Gasteiger partial charge < -0.3 is 19.6 Å². The summed E-state index contributed by atoms with van der Waals surface area (Å²) >= 11 is 1.30. The standard InChI is InChI=1S/C23H28N2O4S/c1-4-5-13-29-17-9-6-8-16(15-17)20-19(21(26)18-10-7-14-30-18)22(27)23(28)25(20)12-11-24(2)3/h6-10,14-15,20,27H,4-5,11-13H2,1-3H3. The van der Waals surface area contributed by atoms with Crippen LogP contribution in [0, 0.1) is 0 Å². The maximum Gasteiger partial charge on any atom is 0.290 e. The molecule has 2 aromatic rings. The van der Waals surface area contributed by atoms with E-state index in [-0.39, 0.29) is 11.4 Å². The maximum absolute atomic E-state index is 13.2. The van der Waals surface area contributed by atoms with Crippen LogP contribution in [0.2, 0.25) is 0 Å². The number of nitrogens with zero attached hydrogens (tertiary/aromatic N) is 2. The van der Waals surface area contributed by atoms with Crippen LogP contribution in [0.5, 0.6) is 5.75 Å². The van der Waals surface area contributed by atoms with Gasteiger partial charge in [-0.25, -0.2) is 0 Å². The summed E-state index contributed by atoms with van der Waals surface area (Å²) in [6.07, 6.45) is 1.98. The zero-order valence-electron chi connectivity index (χ0n) is 17.6. The average molecular weight is 429 g/mol. The molecular formula is C23H28N2O4S. The van der Waals surface area contributed by atoms with Crippen molar-refractivity contribution in [3.63, 3.8) is 0 Å². The van der Waals surface area contributed by atoms with E-state index in [0.29, 0.717) is 30.3 Å². The predicted octanol–water partition coefficient (Wildman–Crippen LogP) is 4.07. The fourth-order valence-electron chi connectivity index (χ4n) is 3.42. The molecule has 2 heterocycles. The van der Waals surface area contributed by atoms with Crippen molar-refractivity contribution in [3.05, 3.63) is 63.6 Å². The van der Waals surface area contributed by atoms with Crippen LogP contribution in [0.25, 0.3) is 0 Å². The van der Waals surface area contributed by atoms with Gasteiger partial charge in [0, 0.05) is 13.1 Å². The molecule has 6 nitrogen and oxygen atoms in total. The Bertz CT molecular complexity index is 921. The third-order valence-corrected chi connectivity index (χ3v) is 5.89. The van der Waals surface area contributed by atoms with Gasteiger partial charge in [-0.3, -0.25) is 9.59 Å². The number of thiophene rings is 1. The number of hydrogen-bond donors (Lipinski definition) is 1. The molecule has 0 saturated heterocycles. The molecule has 1 aliphatic rings. The normalized spacial score (nSPS) is 16.6. The molecular weight excluding hydrogens is 400 g/mol. The van der Waals surface area contributed by atoms with Gasteiger partial charge in [-0.15, -0.1) is 11.3 Å². The molecule has 0 radical (unpaired) electrons. The summed E-state index contributed by atoms with van der Waals surface area (Å²) in [5, 5.41) is 12.5. The van der Waals surface area contributed by atoms with Crippen LogP contribution in [0.15, 0.2) is 53.1 Å². The Morgan fingerprint density at radius 1 is 1.27 bits per heavy atom. The van der Waals surface area contributed by atoms with E-state index in [1.165, 1.54) is 11.3 Å². The zero-order valence-corrected chi connectivity index (χ0v) is 18.4. The first-order chi connectivity index (χ1) is 14.4. The smallest absolute Gasteiger partial charge is 0.290 e. The maximum atomic E-state index is 13.2. The Hall–Kier alpha value is -2.64. The van der Waals surface area contributed by atoms with Crippen molar-refractivity contribution in [1.29, 1.82) is 0 Å². The minimum atomic E-state index is -0.651. The first-order valence-corrected chi connectivity index (χ1v) is 11.0. The molecule has 0 bridgehead atoms. The van der Waals surface area contributed by atoms with E-state index >= 15 is 0 Å². The third-order valence-electron chi connectivity index (χ3n) is 5.02. The molecule has 7 heteroatoms.